The maximum Gasteiger partial charge on any atom is 0.320 e. The summed E-state index contributed by atoms with van der Waals surface area (Å²) < 4.78 is 4.96. The van der Waals surface area contributed by atoms with E-state index in [1.165, 1.54) is 19.3 Å². The molecule has 1 saturated carbocycles. The van der Waals surface area contributed by atoms with Crippen molar-refractivity contribution >= 4 is 5.97 Å². The van der Waals surface area contributed by atoms with E-state index >= 15 is 0 Å². The minimum atomic E-state index is -0.0698. The quantitative estimate of drug-likeness (QED) is 0.686. The molecule has 4 nitrogen and oxygen atoms in total. The van der Waals surface area contributed by atoms with Crippen LogP contribution in [0, 0.1) is 5.92 Å². The molecule has 1 saturated heterocycles. The number of nitrogens with zero attached hydrogens (tertiary/aromatic N) is 1. The van der Waals surface area contributed by atoms with E-state index in [1.54, 1.807) is 0 Å². The minimum absolute atomic E-state index is 0.0698. The molecule has 15 heavy (non-hydrogen) atoms. The predicted octanol–water partition coefficient (Wildman–Crippen LogP) is 0.363. The van der Waals surface area contributed by atoms with Crippen molar-refractivity contribution in [2.45, 2.75) is 31.7 Å². The van der Waals surface area contributed by atoms with E-state index in [-0.39, 0.29) is 5.97 Å². The number of ether oxygens (including phenoxy) is 1. The molecule has 0 amide bonds. The van der Waals surface area contributed by atoms with E-state index < -0.39 is 0 Å². The van der Waals surface area contributed by atoms with Crippen molar-refractivity contribution in [1.82, 2.24) is 4.90 Å². The molecule has 0 spiro atoms. The Bertz CT molecular complexity index is 233. The van der Waals surface area contributed by atoms with Crippen LogP contribution >= 0.6 is 0 Å². The summed E-state index contributed by atoms with van der Waals surface area (Å²) >= 11 is 0. The Morgan fingerprint density at radius 1 is 1.47 bits per heavy atom. The maximum absolute atomic E-state index is 11.2. The van der Waals surface area contributed by atoms with Crippen molar-refractivity contribution in [3.8, 4) is 0 Å². The van der Waals surface area contributed by atoms with E-state index in [1.807, 2.05) is 0 Å². The predicted molar refractivity (Wildman–Crippen MR) is 57.3 cm³/mol. The van der Waals surface area contributed by atoms with Gasteiger partial charge in [0.15, 0.2) is 0 Å². The molecule has 4 heteroatoms. The summed E-state index contributed by atoms with van der Waals surface area (Å²) in [4.78, 5) is 13.5. The van der Waals surface area contributed by atoms with Crippen LogP contribution in [0.5, 0.6) is 0 Å². The largest absolute Gasteiger partial charge is 0.463 e. The van der Waals surface area contributed by atoms with Gasteiger partial charge in [-0.2, -0.15) is 0 Å². The van der Waals surface area contributed by atoms with Crippen LogP contribution in [0.4, 0.5) is 0 Å². The van der Waals surface area contributed by atoms with Gasteiger partial charge in [-0.15, -0.1) is 0 Å². The van der Waals surface area contributed by atoms with E-state index in [0.29, 0.717) is 25.1 Å². The van der Waals surface area contributed by atoms with Gasteiger partial charge in [-0.25, -0.2) is 0 Å². The summed E-state index contributed by atoms with van der Waals surface area (Å²) in [6, 6.07) is 0.571. The van der Waals surface area contributed by atoms with Crippen molar-refractivity contribution in [1.29, 1.82) is 0 Å². The van der Waals surface area contributed by atoms with E-state index in [0.717, 1.165) is 19.5 Å². The number of carbonyl (C=O) groups excluding carboxylic acids is 1. The third kappa shape index (κ3) is 2.49. The van der Waals surface area contributed by atoms with Gasteiger partial charge in [0.2, 0.25) is 0 Å². The molecule has 2 rings (SSSR count). The Morgan fingerprint density at radius 3 is 3.07 bits per heavy atom. The third-order valence-corrected chi connectivity index (χ3v) is 3.60. The molecule has 2 aliphatic rings. The van der Waals surface area contributed by atoms with Crippen LogP contribution < -0.4 is 5.73 Å². The van der Waals surface area contributed by atoms with Crippen LogP contribution in [0.15, 0.2) is 0 Å². The topological polar surface area (TPSA) is 55.6 Å². The van der Waals surface area contributed by atoms with Gasteiger partial charge in [0.05, 0.1) is 6.54 Å². The molecule has 0 aromatic heterocycles. The molecule has 0 aromatic rings. The van der Waals surface area contributed by atoms with E-state index in [4.69, 9.17) is 10.5 Å². The summed E-state index contributed by atoms with van der Waals surface area (Å²) in [5.74, 6) is 0.626. The van der Waals surface area contributed by atoms with Gasteiger partial charge in [0, 0.05) is 12.6 Å². The first kappa shape index (κ1) is 10.9. The first-order chi connectivity index (χ1) is 7.31. The first-order valence-corrected chi connectivity index (χ1v) is 5.91. The number of esters is 1. The zero-order chi connectivity index (χ0) is 10.7. The molecule has 2 atom stereocenters. The highest BCUT2D eigenvalue weighted by Crippen LogP contribution is 2.32. The van der Waals surface area contributed by atoms with Crippen LogP contribution in [0.2, 0.25) is 0 Å². The molecular weight excluding hydrogens is 192 g/mol. The number of carbonyl (C=O) groups is 1. The molecule has 0 aromatic carbocycles. The summed E-state index contributed by atoms with van der Waals surface area (Å²) in [6.45, 7) is 2.70. The second-order valence-corrected chi connectivity index (χ2v) is 4.53. The zero-order valence-electron chi connectivity index (χ0n) is 9.15. The Morgan fingerprint density at radius 2 is 2.33 bits per heavy atom. The van der Waals surface area contributed by atoms with Gasteiger partial charge in [0.25, 0.3) is 0 Å². The Balaban J connectivity index is 1.93. The van der Waals surface area contributed by atoms with Gasteiger partial charge in [0.1, 0.15) is 6.61 Å². The van der Waals surface area contributed by atoms with Crippen LogP contribution in [0.25, 0.3) is 0 Å². The van der Waals surface area contributed by atoms with Crippen LogP contribution in [0.3, 0.4) is 0 Å². The molecule has 1 heterocycles. The van der Waals surface area contributed by atoms with E-state index in [2.05, 4.69) is 4.90 Å². The number of hydrogen-bond acceptors (Lipinski definition) is 4. The number of hydrogen-bond donors (Lipinski definition) is 1. The first-order valence-electron chi connectivity index (χ1n) is 5.91. The standard InChI is InChI=1S/C11H20N2O2/c12-5-4-9-2-1-3-10(9)13-6-7-15-11(14)8-13/h9-10H,1-8,12H2. The molecule has 0 radical (unpaired) electrons. The molecule has 1 aliphatic heterocycles. The Kier molecular flexibility index (Phi) is 3.59. The van der Waals surface area contributed by atoms with Gasteiger partial charge in [-0.3, -0.25) is 9.69 Å². The monoisotopic (exact) mass is 212 g/mol. The Hall–Kier alpha value is -0.610. The number of cyclic esters (lactones) is 1. The molecule has 86 valence electrons. The van der Waals surface area contributed by atoms with Gasteiger partial charge in [-0.1, -0.05) is 6.42 Å². The lowest BCUT2D eigenvalue weighted by atomic mass is 9.98. The van der Waals surface area contributed by atoms with Crippen molar-refractivity contribution in [2.24, 2.45) is 11.7 Å². The van der Waals surface area contributed by atoms with Gasteiger partial charge in [-0.05, 0) is 31.7 Å². The van der Waals surface area contributed by atoms with Crippen molar-refractivity contribution in [3.63, 3.8) is 0 Å². The lowest BCUT2D eigenvalue weighted by Gasteiger charge is -2.34. The summed E-state index contributed by atoms with van der Waals surface area (Å²) in [6.07, 6.45) is 4.86. The second kappa shape index (κ2) is 4.94. The van der Waals surface area contributed by atoms with E-state index in [9.17, 15) is 4.79 Å². The number of nitrogens with two attached hydrogens (primary N) is 1. The SMILES string of the molecule is NCCC1CCCC1N1CCOC(=O)C1. The highest BCUT2D eigenvalue weighted by Gasteiger charge is 2.34. The fourth-order valence-corrected chi connectivity index (χ4v) is 2.90. The lowest BCUT2D eigenvalue weighted by Crippen LogP contribution is -2.47. The summed E-state index contributed by atoms with van der Waals surface area (Å²) in [5, 5.41) is 0. The molecule has 1 aliphatic carbocycles. The van der Waals surface area contributed by atoms with Crippen molar-refractivity contribution < 1.29 is 9.53 Å². The highest BCUT2D eigenvalue weighted by atomic mass is 16.5. The number of rotatable bonds is 3. The molecule has 2 N–H and O–H groups in total. The fraction of sp³-hybridized carbons (Fsp3) is 0.909. The van der Waals surface area contributed by atoms with Crippen molar-refractivity contribution in [3.05, 3.63) is 0 Å². The average Bonchev–Trinajstić information content (AvgIpc) is 2.66. The smallest absolute Gasteiger partial charge is 0.320 e. The molecule has 0 bridgehead atoms. The van der Waals surface area contributed by atoms with Gasteiger partial charge >= 0.3 is 5.97 Å². The highest BCUT2D eigenvalue weighted by molar-refractivity contribution is 5.72. The van der Waals surface area contributed by atoms with Crippen LogP contribution in [-0.2, 0) is 9.53 Å². The van der Waals surface area contributed by atoms with Gasteiger partial charge < -0.3 is 10.5 Å². The second-order valence-electron chi connectivity index (χ2n) is 4.53. The van der Waals surface area contributed by atoms with Crippen LogP contribution in [0.1, 0.15) is 25.7 Å². The minimum Gasteiger partial charge on any atom is -0.463 e. The zero-order valence-corrected chi connectivity index (χ0v) is 9.15. The normalized spacial score (nSPS) is 33.0. The molecule has 2 fully saturated rings. The number of morpholine rings is 1. The molecular formula is C11H20N2O2. The van der Waals surface area contributed by atoms with Crippen LogP contribution in [-0.4, -0.2) is 43.2 Å². The summed E-state index contributed by atoms with van der Waals surface area (Å²) in [5.41, 5.74) is 5.62. The third-order valence-electron chi connectivity index (χ3n) is 3.60. The fourth-order valence-electron chi connectivity index (χ4n) is 2.90. The molecule has 2 unspecified atom stereocenters. The lowest BCUT2D eigenvalue weighted by molar-refractivity contribution is -0.152. The summed E-state index contributed by atoms with van der Waals surface area (Å²) in [7, 11) is 0. The average molecular weight is 212 g/mol. The Labute approximate surface area is 90.8 Å². The van der Waals surface area contributed by atoms with Crippen molar-refractivity contribution in [2.75, 3.05) is 26.2 Å². The maximum atomic E-state index is 11.2.